The largest absolute Gasteiger partial charge is 0.451 e. The van der Waals surface area contributed by atoms with Gasteiger partial charge in [-0.05, 0) is 49.9 Å². The fourth-order valence-electron chi connectivity index (χ4n) is 2.09. The smallest absolute Gasteiger partial charge is 0.351 e. The van der Waals surface area contributed by atoms with E-state index in [9.17, 15) is 14.4 Å². The highest BCUT2D eigenvalue weighted by Gasteiger charge is 2.18. The molecule has 2 N–H and O–H groups in total. The Bertz CT molecular complexity index is 991. The molecule has 3 rings (SSSR count). The van der Waals surface area contributed by atoms with Crippen LogP contribution in [0.2, 0.25) is 0 Å². The summed E-state index contributed by atoms with van der Waals surface area (Å²) in [7, 11) is 0. The van der Waals surface area contributed by atoms with Crippen LogP contribution in [0.25, 0.3) is 5.69 Å². The molecule has 1 aromatic carbocycles. The Morgan fingerprint density at radius 1 is 1.18 bits per heavy atom. The zero-order valence-electron chi connectivity index (χ0n) is 14.2. The van der Waals surface area contributed by atoms with Crippen LogP contribution >= 0.6 is 27.3 Å². The van der Waals surface area contributed by atoms with Crippen LogP contribution in [-0.4, -0.2) is 51.1 Å². The van der Waals surface area contributed by atoms with Crippen molar-refractivity contribution in [2.75, 3.05) is 18.5 Å². The van der Waals surface area contributed by atoms with Gasteiger partial charge < -0.3 is 15.4 Å². The summed E-state index contributed by atoms with van der Waals surface area (Å²) < 4.78 is 7.03. The van der Waals surface area contributed by atoms with Gasteiger partial charge in [0, 0.05) is 4.47 Å². The lowest BCUT2D eigenvalue weighted by atomic mass is 10.3. The average molecular weight is 465 g/mol. The number of amides is 2. The molecule has 2 heterocycles. The molecule has 0 saturated carbocycles. The lowest BCUT2D eigenvalue weighted by Gasteiger charge is -2.09. The number of rotatable bonds is 7. The Morgan fingerprint density at radius 2 is 2.00 bits per heavy atom. The van der Waals surface area contributed by atoms with Crippen LogP contribution in [0.1, 0.15) is 9.67 Å². The van der Waals surface area contributed by atoms with E-state index >= 15 is 0 Å². The van der Waals surface area contributed by atoms with Gasteiger partial charge in [-0.1, -0.05) is 12.1 Å². The monoisotopic (exact) mass is 464 g/mol. The van der Waals surface area contributed by atoms with Gasteiger partial charge in [-0.15, -0.1) is 16.4 Å². The van der Waals surface area contributed by atoms with Gasteiger partial charge in [-0.25, -0.2) is 4.79 Å². The van der Waals surface area contributed by atoms with Crippen molar-refractivity contribution in [3.05, 3.63) is 51.4 Å². The summed E-state index contributed by atoms with van der Waals surface area (Å²) in [4.78, 5) is 36.2. The SMILES string of the molecule is O=C(COC(=O)c1sccc1-n1cnnn1)NCC(=O)Nc1ccccc1Br. The van der Waals surface area contributed by atoms with E-state index in [2.05, 4.69) is 42.1 Å². The Kier molecular flexibility index (Phi) is 6.45. The molecule has 0 saturated heterocycles. The number of halogens is 1. The number of nitrogens with zero attached hydrogens (tertiary/aromatic N) is 4. The van der Waals surface area contributed by atoms with Crippen molar-refractivity contribution in [1.82, 2.24) is 25.5 Å². The Balaban J connectivity index is 1.46. The molecule has 0 aliphatic carbocycles. The van der Waals surface area contributed by atoms with Crippen LogP contribution in [0.4, 0.5) is 5.69 Å². The number of aromatic nitrogens is 4. The standard InChI is InChI=1S/C16H13BrN6O4S/c17-10-3-1-2-4-11(10)20-13(24)7-18-14(25)8-27-16(26)15-12(5-6-28-15)23-9-19-21-22-23/h1-6,9H,7-8H2,(H,18,25)(H,20,24). The van der Waals surface area contributed by atoms with Crippen molar-refractivity contribution < 1.29 is 19.1 Å². The van der Waals surface area contributed by atoms with E-state index in [0.29, 0.717) is 11.4 Å². The van der Waals surface area contributed by atoms with Crippen molar-refractivity contribution in [2.45, 2.75) is 0 Å². The first-order valence-electron chi connectivity index (χ1n) is 7.83. The molecule has 2 amide bonds. The average Bonchev–Trinajstić information content (AvgIpc) is 3.37. The number of esters is 1. The Morgan fingerprint density at radius 3 is 2.75 bits per heavy atom. The number of para-hydroxylation sites is 1. The fraction of sp³-hybridized carbons (Fsp3) is 0.125. The first-order chi connectivity index (χ1) is 13.5. The van der Waals surface area contributed by atoms with Crippen LogP contribution < -0.4 is 10.6 Å². The summed E-state index contributed by atoms with van der Waals surface area (Å²) in [6.07, 6.45) is 1.34. The highest BCUT2D eigenvalue weighted by Crippen LogP contribution is 2.21. The first kappa shape index (κ1) is 19.6. The third kappa shape index (κ3) is 4.98. The van der Waals surface area contributed by atoms with E-state index in [1.807, 2.05) is 6.07 Å². The molecule has 0 spiro atoms. The van der Waals surface area contributed by atoms with Gasteiger partial charge in [0.05, 0.1) is 17.9 Å². The zero-order chi connectivity index (χ0) is 19.9. The van der Waals surface area contributed by atoms with E-state index in [1.54, 1.807) is 29.6 Å². The van der Waals surface area contributed by atoms with Crippen LogP contribution in [0.15, 0.2) is 46.5 Å². The number of tetrazole rings is 1. The normalized spacial score (nSPS) is 10.3. The molecule has 10 nitrogen and oxygen atoms in total. The molecule has 0 radical (unpaired) electrons. The minimum atomic E-state index is -0.687. The third-order valence-corrected chi connectivity index (χ3v) is 4.93. The fourth-order valence-corrected chi connectivity index (χ4v) is 3.25. The summed E-state index contributed by atoms with van der Waals surface area (Å²) in [6.45, 7) is -0.777. The van der Waals surface area contributed by atoms with Crippen LogP contribution in [-0.2, 0) is 14.3 Å². The van der Waals surface area contributed by atoms with E-state index in [4.69, 9.17) is 4.74 Å². The van der Waals surface area contributed by atoms with Gasteiger partial charge in [0.25, 0.3) is 5.91 Å². The Labute approximate surface area is 171 Å². The van der Waals surface area contributed by atoms with Gasteiger partial charge in [0.15, 0.2) is 6.61 Å². The summed E-state index contributed by atoms with van der Waals surface area (Å²) in [5, 5.41) is 17.4. The number of carbonyl (C=O) groups is 3. The minimum absolute atomic E-state index is 0.256. The van der Waals surface area contributed by atoms with Gasteiger partial charge in [-0.3, -0.25) is 9.59 Å². The molecule has 0 aliphatic rings. The van der Waals surface area contributed by atoms with Gasteiger partial charge in [0.2, 0.25) is 5.91 Å². The number of thiophene rings is 1. The van der Waals surface area contributed by atoms with Crippen molar-refractivity contribution in [2.24, 2.45) is 0 Å². The number of hydrogen-bond donors (Lipinski definition) is 2. The number of ether oxygens (including phenoxy) is 1. The molecule has 0 bridgehead atoms. The number of carbonyl (C=O) groups excluding carboxylic acids is 3. The van der Waals surface area contributed by atoms with Gasteiger partial charge in [0.1, 0.15) is 11.2 Å². The zero-order valence-corrected chi connectivity index (χ0v) is 16.6. The predicted octanol–water partition coefficient (Wildman–Crippen LogP) is 1.40. The van der Waals surface area contributed by atoms with Gasteiger partial charge >= 0.3 is 5.97 Å². The van der Waals surface area contributed by atoms with E-state index in [-0.39, 0.29) is 11.4 Å². The molecule has 0 aliphatic heterocycles. The van der Waals surface area contributed by atoms with E-state index in [1.165, 1.54) is 11.0 Å². The second kappa shape index (κ2) is 9.19. The maximum atomic E-state index is 12.2. The highest BCUT2D eigenvalue weighted by molar-refractivity contribution is 9.10. The highest BCUT2D eigenvalue weighted by atomic mass is 79.9. The lowest BCUT2D eigenvalue weighted by Crippen LogP contribution is -2.35. The number of benzene rings is 1. The molecular weight excluding hydrogens is 452 g/mol. The first-order valence-corrected chi connectivity index (χ1v) is 9.51. The van der Waals surface area contributed by atoms with Gasteiger partial charge in [-0.2, -0.15) is 4.68 Å². The number of nitrogens with one attached hydrogen (secondary N) is 2. The minimum Gasteiger partial charge on any atom is -0.451 e. The Hall–Kier alpha value is -3.12. The topological polar surface area (TPSA) is 128 Å². The van der Waals surface area contributed by atoms with Crippen molar-refractivity contribution >= 4 is 50.7 Å². The summed E-state index contributed by atoms with van der Waals surface area (Å²) >= 11 is 4.45. The maximum absolute atomic E-state index is 12.2. The third-order valence-electron chi connectivity index (χ3n) is 3.35. The van der Waals surface area contributed by atoms with E-state index in [0.717, 1.165) is 15.8 Å². The van der Waals surface area contributed by atoms with E-state index < -0.39 is 24.4 Å². The number of anilines is 1. The molecule has 0 atom stereocenters. The molecule has 144 valence electrons. The van der Waals surface area contributed by atoms with Crippen molar-refractivity contribution in [3.63, 3.8) is 0 Å². The van der Waals surface area contributed by atoms with Crippen LogP contribution in [0.3, 0.4) is 0 Å². The second-order valence-corrected chi connectivity index (χ2v) is 7.04. The lowest BCUT2D eigenvalue weighted by molar-refractivity contribution is -0.126. The molecule has 0 unspecified atom stereocenters. The predicted molar refractivity (Wildman–Crippen MR) is 103 cm³/mol. The van der Waals surface area contributed by atoms with Crippen LogP contribution in [0, 0.1) is 0 Å². The summed E-state index contributed by atoms with van der Waals surface area (Å²) in [6, 6.07) is 8.74. The molecular formula is C16H13BrN6O4S. The molecule has 12 heteroatoms. The number of hydrogen-bond acceptors (Lipinski definition) is 8. The molecule has 0 fully saturated rings. The second-order valence-electron chi connectivity index (χ2n) is 5.27. The molecule has 2 aromatic heterocycles. The molecule has 3 aromatic rings. The summed E-state index contributed by atoms with van der Waals surface area (Å²) in [5.41, 5.74) is 1.04. The summed E-state index contributed by atoms with van der Waals surface area (Å²) in [5.74, 6) is -1.70. The maximum Gasteiger partial charge on any atom is 0.351 e. The molecule has 28 heavy (non-hydrogen) atoms. The van der Waals surface area contributed by atoms with Crippen molar-refractivity contribution in [1.29, 1.82) is 0 Å². The van der Waals surface area contributed by atoms with Crippen molar-refractivity contribution in [3.8, 4) is 5.69 Å². The van der Waals surface area contributed by atoms with Crippen LogP contribution in [0.5, 0.6) is 0 Å². The quantitative estimate of drug-likeness (QED) is 0.505.